The molecule has 0 radical (unpaired) electrons. The first-order chi connectivity index (χ1) is 9.03. The third-order valence-electron chi connectivity index (χ3n) is 2.58. The molecule has 0 amide bonds. The molecule has 2 rings (SSSR count). The van der Waals surface area contributed by atoms with Gasteiger partial charge in [0.1, 0.15) is 4.90 Å². The minimum absolute atomic E-state index is 0.0981. The Bertz CT molecular complexity index is 668. The predicted molar refractivity (Wildman–Crippen MR) is 71.9 cm³/mol. The van der Waals surface area contributed by atoms with Crippen molar-refractivity contribution < 1.29 is 8.42 Å². The highest BCUT2D eigenvalue weighted by molar-refractivity contribution is 7.92. The highest BCUT2D eigenvalue weighted by atomic mass is 32.2. The van der Waals surface area contributed by atoms with Gasteiger partial charge in [-0.25, -0.2) is 8.42 Å². The molecule has 0 aliphatic carbocycles. The van der Waals surface area contributed by atoms with Crippen molar-refractivity contribution >= 4 is 15.7 Å². The molecule has 0 saturated heterocycles. The number of nitrogens with zero attached hydrogens (tertiary/aromatic N) is 2. The molecule has 7 heteroatoms. The van der Waals surface area contributed by atoms with Crippen molar-refractivity contribution in [3.8, 4) is 0 Å². The number of nitrogens with one attached hydrogen (secondary N) is 1. The van der Waals surface area contributed by atoms with Crippen LogP contribution in [0.2, 0.25) is 0 Å². The maximum absolute atomic E-state index is 12.2. The summed E-state index contributed by atoms with van der Waals surface area (Å²) in [4.78, 5) is 7.98. The van der Waals surface area contributed by atoms with Crippen LogP contribution in [0.1, 0.15) is 11.3 Å². The fraction of sp³-hybridized carbons (Fsp3) is 0.167. The van der Waals surface area contributed by atoms with Crippen LogP contribution < -0.4 is 10.5 Å². The van der Waals surface area contributed by atoms with Gasteiger partial charge in [0.25, 0.3) is 10.0 Å². The molecule has 19 heavy (non-hydrogen) atoms. The van der Waals surface area contributed by atoms with Gasteiger partial charge in [-0.05, 0) is 30.7 Å². The van der Waals surface area contributed by atoms with Gasteiger partial charge in [0.2, 0.25) is 0 Å². The topological polar surface area (TPSA) is 98.0 Å². The van der Waals surface area contributed by atoms with Crippen LogP contribution in [0.4, 0.5) is 5.69 Å². The molecule has 3 N–H and O–H groups in total. The molecule has 2 aromatic heterocycles. The molecule has 100 valence electrons. The van der Waals surface area contributed by atoms with Crippen LogP contribution in [0.5, 0.6) is 0 Å². The Balaban J connectivity index is 2.30. The Morgan fingerprint density at radius 2 is 2.05 bits per heavy atom. The van der Waals surface area contributed by atoms with Crippen molar-refractivity contribution in [3.05, 3.63) is 48.0 Å². The first-order valence-corrected chi connectivity index (χ1v) is 7.09. The largest absolute Gasteiger partial charge is 0.325 e. The van der Waals surface area contributed by atoms with Gasteiger partial charge in [-0.1, -0.05) is 0 Å². The molecule has 0 fully saturated rings. The van der Waals surface area contributed by atoms with Crippen molar-refractivity contribution in [2.24, 2.45) is 5.73 Å². The van der Waals surface area contributed by atoms with E-state index in [4.69, 9.17) is 5.73 Å². The number of hydrogen-bond donors (Lipinski definition) is 2. The van der Waals surface area contributed by atoms with E-state index in [2.05, 4.69) is 14.7 Å². The molecule has 0 aromatic carbocycles. The lowest BCUT2D eigenvalue weighted by atomic mass is 10.3. The van der Waals surface area contributed by atoms with Crippen LogP contribution in [-0.4, -0.2) is 18.4 Å². The van der Waals surface area contributed by atoms with Crippen LogP contribution in [0.3, 0.4) is 0 Å². The van der Waals surface area contributed by atoms with Gasteiger partial charge in [0.05, 0.1) is 11.4 Å². The lowest BCUT2D eigenvalue weighted by Crippen LogP contribution is -2.14. The summed E-state index contributed by atoms with van der Waals surface area (Å²) in [6, 6.07) is 4.68. The average molecular weight is 278 g/mol. The number of sulfonamides is 1. The summed E-state index contributed by atoms with van der Waals surface area (Å²) in [7, 11) is -3.64. The summed E-state index contributed by atoms with van der Waals surface area (Å²) in [5.74, 6) is 0. The fourth-order valence-electron chi connectivity index (χ4n) is 1.48. The number of nitrogens with two attached hydrogens (primary N) is 1. The number of anilines is 1. The zero-order chi connectivity index (χ0) is 13.9. The third-order valence-corrected chi connectivity index (χ3v) is 3.93. The predicted octanol–water partition coefficient (Wildman–Crippen LogP) is 1.04. The SMILES string of the molecule is Cc1cnccc1NS(=O)(=O)c1ccc(CN)nc1. The number of aromatic nitrogens is 2. The van der Waals surface area contributed by atoms with Gasteiger partial charge in [0.15, 0.2) is 0 Å². The molecule has 2 aromatic rings. The molecule has 0 unspecified atom stereocenters. The van der Waals surface area contributed by atoms with E-state index in [0.29, 0.717) is 11.4 Å². The van der Waals surface area contributed by atoms with E-state index in [0.717, 1.165) is 5.56 Å². The summed E-state index contributed by atoms with van der Waals surface area (Å²) < 4.78 is 26.8. The van der Waals surface area contributed by atoms with Gasteiger partial charge < -0.3 is 5.73 Å². The zero-order valence-electron chi connectivity index (χ0n) is 10.4. The maximum atomic E-state index is 12.2. The van der Waals surface area contributed by atoms with E-state index in [9.17, 15) is 8.42 Å². The van der Waals surface area contributed by atoms with Crippen molar-refractivity contribution in [2.75, 3.05) is 4.72 Å². The first-order valence-electron chi connectivity index (χ1n) is 5.61. The van der Waals surface area contributed by atoms with Crippen molar-refractivity contribution in [1.82, 2.24) is 9.97 Å². The second-order valence-electron chi connectivity index (χ2n) is 3.99. The zero-order valence-corrected chi connectivity index (χ0v) is 11.2. The van der Waals surface area contributed by atoms with Crippen LogP contribution in [-0.2, 0) is 16.6 Å². The molecule has 2 heterocycles. The number of rotatable bonds is 4. The summed E-state index contributed by atoms with van der Waals surface area (Å²) in [5, 5.41) is 0. The molecular formula is C12H14N4O2S. The number of pyridine rings is 2. The normalized spacial score (nSPS) is 11.3. The summed E-state index contributed by atoms with van der Waals surface area (Å²) >= 11 is 0. The quantitative estimate of drug-likeness (QED) is 0.871. The Hall–Kier alpha value is -1.99. The minimum atomic E-state index is -3.64. The van der Waals surface area contributed by atoms with Gasteiger partial charge in [-0.2, -0.15) is 0 Å². The third kappa shape index (κ3) is 3.07. The van der Waals surface area contributed by atoms with E-state index in [1.807, 2.05) is 0 Å². The van der Waals surface area contributed by atoms with Crippen LogP contribution in [0.25, 0.3) is 0 Å². The van der Waals surface area contributed by atoms with E-state index in [1.165, 1.54) is 18.5 Å². The summed E-state index contributed by atoms with van der Waals surface area (Å²) in [6.07, 6.45) is 4.41. The van der Waals surface area contributed by atoms with Gasteiger partial charge in [-0.3, -0.25) is 14.7 Å². The molecule has 0 saturated carbocycles. The Labute approximate surface area is 111 Å². The fourth-order valence-corrected chi connectivity index (χ4v) is 2.56. The monoisotopic (exact) mass is 278 g/mol. The second kappa shape index (κ2) is 5.33. The van der Waals surface area contributed by atoms with Gasteiger partial charge in [0, 0.05) is 25.1 Å². The number of hydrogen-bond acceptors (Lipinski definition) is 5. The Kier molecular flexibility index (Phi) is 3.77. The van der Waals surface area contributed by atoms with Crippen LogP contribution in [0, 0.1) is 6.92 Å². The average Bonchev–Trinajstić information content (AvgIpc) is 2.41. The Morgan fingerprint density at radius 1 is 1.26 bits per heavy atom. The standard InChI is InChI=1S/C12H14N4O2S/c1-9-7-14-5-4-12(9)16-19(17,18)11-3-2-10(6-13)15-8-11/h2-5,7-8H,6,13H2,1H3,(H,14,16). The maximum Gasteiger partial charge on any atom is 0.263 e. The second-order valence-corrected chi connectivity index (χ2v) is 5.67. The van der Waals surface area contributed by atoms with Crippen LogP contribution in [0.15, 0.2) is 41.7 Å². The smallest absolute Gasteiger partial charge is 0.263 e. The molecular weight excluding hydrogens is 264 g/mol. The molecule has 0 aliphatic rings. The molecule has 0 atom stereocenters. The molecule has 0 bridgehead atoms. The molecule has 0 spiro atoms. The van der Waals surface area contributed by atoms with E-state index < -0.39 is 10.0 Å². The first kappa shape index (κ1) is 13.4. The van der Waals surface area contributed by atoms with Crippen molar-refractivity contribution in [1.29, 1.82) is 0 Å². The molecule has 6 nitrogen and oxygen atoms in total. The van der Waals surface area contributed by atoms with Gasteiger partial charge in [-0.15, -0.1) is 0 Å². The van der Waals surface area contributed by atoms with E-state index in [1.54, 1.807) is 25.3 Å². The van der Waals surface area contributed by atoms with E-state index in [-0.39, 0.29) is 11.4 Å². The Morgan fingerprint density at radius 3 is 2.63 bits per heavy atom. The summed E-state index contributed by atoms with van der Waals surface area (Å²) in [6.45, 7) is 2.05. The minimum Gasteiger partial charge on any atom is -0.325 e. The van der Waals surface area contributed by atoms with Crippen molar-refractivity contribution in [3.63, 3.8) is 0 Å². The lowest BCUT2D eigenvalue weighted by Gasteiger charge is -2.09. The number of aryl methyl sites for hydroxylation is 1. The van der Waals surface area contributed by atoms with E-state index >= 15 is 0 Å². The lowest BCUT2D eigenvalue weighted by molar-refractivity contribution is 0.600. The molecule has 0 aliphatic heterocycles. The highest BCUT2D eigenvalue weighted by Gasteiger charge is 2.15. The highest BCUT2D eigenvalue weighted by Crippen LogP contribution is 2.17. The van der Waals surface area contributed by atoms with Crippen molar-refractivity contribution in [2.45, 2.75) is 18.4 Å². The summed E-state index contributed by atoms with van der Waals surface area (Å²) in [5.41, 5.74) is 7.30. The van der Waals surface area contributed by atoms with Crippen LogP contribution >= 0.6 is 0 Å². The van der Waals surface area contributed by atoms with Gasteiger partial charge >= 0.3 is 0 Å².